The second-order valence-electron chi connectivity index (χ2n) is 4.40. The molecular weight excluding hydrogens is 295 g/mol. The topological polar surface area (TPSA) is 34.4 Å². The van der Waals surface area contributed by atoms with E-state index in [9.17, 15) is 9.18 Å². The first-order chi connectivity index (χ1) is 9.65. The smallest absolute Gasteiger partial charge is 0.248 e. The molecule has 1 amide bonds. The molecule has 1 heterocycles. The Hall–Kier alpha value is -1.14. The SMILES string of the molecule is CCCC(=O)N=c1sc2cc(F)ccc2n1CCSC. The zero-order chi connectivity index (χ0) is 14.5. The number of halogens is 1. The fraction of sp³-hybridized carbons (Fsp3) is 0.429. The van der Waals surface area contributed by atoms with Crippen LogP contribution in [0.15, 0.2) is 23.2 Å². The standard InChI is InChI=1S/C14H17FN2OS2/c1-3-4-13(18)16-14-17(7-8-19-2)11-6-5-10(15)9-12(11)20-14/h5-6,9H,3-4,7-8H2,1-2H3. The molecule has 3 nitrogen and oxygen atoms in total. The van der Waals surface area contributed by atoms with Crippen LogP contribution < -0.4 is 4.80 Å². The minimum atomic E-state index is -0.262. The molecule has 0 radical (unpaired) electrons. The van der Waals surface area contributed by atoms with Crippen LogP contribution in [0.25, 0.3) is 10.2 Å². The molecule has 2 rings (SSSR count). The van der Waals surface area contributed by atoms with E-state index in [2.05, 4.69) is 4.99 Å². The highest BCUT2D eigenvalue weighted by atomic mass is 32.2. The number of aryl methyl sites for hydroxylation is 1. The van der Waals surface area contributed by atoms with Crippen molar-refractivity contribution in [1.82, 2.24) is 4.57 Å². The van der Waals surface area contributed by atoms with Crippen molar-refractivity contribution in [3.63, 3.8) is 0 Å². The molecule has 0 atom stereocenters. The molecule has 0 unspecified atom stereocenters. The fourth-order valence-electron chi connectivity index (χ4n) is 1.91. The van der Waals surface area contributed by atoms with E-state index in [-0.39, 0.29) is 11.7 Å². The van der Waals surface area contributed by atoms with Gasteiger partial charge in [0.25, 0.3) is 0 Å². The third-order valence-electron chi connectivity index (χ3n) is 2.85. The van der Waals surface area contributed by atoms with Crippen molar-refractivity contribution in [1.29, 1.82) is 0 Å². The van der Waals surface area contributed by atoms with E-state index in [1.807, 2.05) is 17.7 Å². The van der Waals surface area contributed by atoms with Crippen LogP contribution in [0.5, 0.6) is 0 Å². The van der Waals surface area contributed by atoms with Crippen LogP contribution >= 0.6 is 23.1 Å². The van der Waals surface area contributed by atoms with Gasteiger partial charge in [0.05, 0.1) is 10.2 Å². The lowest BCUT2D eigenvalue weighted by Crippen LogP contribution is -2.18. The number of rotatable bonds is 5. The van der Waals surface area contributed by atoms with Crippen molar-refractivity contribution in [2.45, 2.75) is 26.3 Å². The van der Waals surface area contributed by atoms with Gasteiger partial charge in [-0.3, -0.25) is 4.79 Å². The first kappa shape index (κ1) is 15.3. The highest BCUT2D eigenvalue weighted by Gasteiger charge is 2.08. The van der Waals surface area contributed by atoms with Crippen molar-refractivity contribution in [2.24, 2.45) is 4.99 Å². The predicted molar refractivity (Wildman–Crippen MR) is 83.6 cm³/mol. The Balaban J connectivity index is 2.53. The Kier molecular flexibility index (Phi) is 5.37. The Morgan fingerprint density at radius 2 is 2.30 bits per heavy atom. The second kappa shape index (κ2) is 7.04. The number of hydrogen-bond acceptors (Lipinski definition) is 3. The number of benzene rings is 1. The summed E-state index contributed by atoms with van der Waals surface area (Å²) in [6.45, 7) is 2.72. The van der Waals surface area contributed by atoms with Gasteiger partial charge in [0.15, 0.2) is 4.80 Å². The summed E-state index contributed by atoms with van der Waals surface area (Å²) < 4.78 is 16.1. The summed E-state index contributed by atoms with van der Waals surface area (Å²) in [5.41, 5.74) is 0.938. The normalized spacial score (nSPS) is 12.2. The minimum absolute atomic E-state index is 0.113. The average Bonchev–Trinajstić information content (AvgIpc) is 2.73. The Labute approximate surface area is 125 Å². The number of carbonyl (C=O) groups excluding carboxylic acids is 1. The van der Waals surface area contributed by atoms with Crippen LogP contribution in [0.2, 0.25) is 0 Å². The first-order valence-corrected chi connectivity index (χ1v) is 8.72. The minimum Gasteiger partial charge on any atom is -0.316 e. The number of aromatic nitrogens is 1. The number of carbonyl (C=O) groups is 1. The molecular formula is C14H17FN2OS2. The molecule has 0 N–H and O–H groups in total. The van der Waals surface area contributed by atoms with E-state index in [0.717, 1.165) is 28.9 Å². The van der Waals surface area contributed by atoms with E-state index < -0.39 is 0 Å². The van der Waals surface area contributed by atoms with Gasteiger partial charge in [-0.25, -0.2) is 4.39 Å². The van der Waals surface area contributed by atoms with Crippen molar-refractivity contribution in [3.05, 3.63) is 28.8 Å². The maximum Gasteiger partial charge on any atom is 0.248 e. The van der Waals surface area contributed by atoms with Crippen LogP contribution in [0.1, 0.15) is 19.8 Å². The first-order valence-electron chi connectivity index (χ1n) is 6.51. The quantitative estimate of drug-likeness (QED) is 0.847. The predicted octanol–water partition coefficient (Wildman–Crippen LogP) is 3.43. The molecule has 0 saturated heterocycles. The van der Waals surface area contributed by atoms with Gasteiger partial charge in [-0.1, -0.05) is 18.3 Å². The van der Waals surface area contributed by atoms with Gasteiger partial charge in [-0.2, -0.15) is 16.8 Å². The molecule has 0 spiro atoms. The summed E-state index contributed by atoms with van der Waals surface area (Å²) in [6, 6.07) is 4.70. The van der Waals surface area contributed by atoms with Crippen LogP contribution in [0.3, 0.4) is 0 Å². The molecule has 0 aliphatic carbocycles. The van der Waals surface area contributed by atoms with Gasteiger partial charge >= 0.3 is 0 Å². The van der Waals surface area contributed by atoms with Crippen LogP contribution in [-0.2, 0) is 11.3 Å². The summed E-state index contributed by atoms with van der Waals surface area (Å²) in [5.74, 6) is 0.554. The molecule has 108 valence electrons. The number of thioether (sulfide) groups is 1. The van der Waals surface area contributed by atoms with Crippen LogP contribution in [0.4, 0.5) is 4.39 Å². The van der Waals surface area contributed by atoms with Crippen molar-refractivity contribution in [2.75, 3.05) is 12.0 Å². The van der Waals surface area contributed by atoms with Gasteiger partial charge in [-0.05, 0) is 30.9 Å². The number of amides is 1. The third kappa shape index (κ3) is 3.49. The van der Waals surface area contributed by atoms with E-state index in [1.54, 1.807) is 17.8 Å². The molecule has 0 aliphatic heterocycles. The molecule has 0 bridgehead atoms. The van der Waals surface area contributed by atoms with Crippen molar-refractivity contribution < 1.29 is 9.18 Å². The van der Waals surface area contributed by atoms with E-state index >= 15 is 0 Å². The molecule has 1 aromatic heterocycles. The largest absolute Gasteiger partial charge is 0.316 e. The van der Waals surface area contributed by atoms with Crippen molar-refractivity contribution in [3.8, 4) is 0 Å². The Morgan fingerprint density at radius 3 is 3.00 bits per heavy atom. The molecule has 0 saturated carbocycles. The lowest BCUT2D eigenvalue weighted by atomic mass is 10.3. The maximum atomic E-state index is 13.3. The number of nitrogens with zero attached hydrogens (tertiary/aromatic N) is 2. The summed E-state index contributed by atoms with van der Waals surface area (Å²) in [6.07, 6.45) is 3.27. The molecule has 0 aliphatic rings. The number of thiazole rings is 1. The molecule has 2 aromatic rings. The molecule has 20 heavy (non-hydrogen) atoms. The number of hydrogen-bond donors (Lipinski definition) is 0. The van der Waals surface area contributed by atoms with Gasteiger partial charge in [0.1, 0.15) is 5.82 Å². The third-order valence-corrected chi connectivity index (χ3v) is 4.48. The highest BCUT2D eigenvalue weighted by molar-refractivity contribution is 7.98. The van der Waals surface area contributed by atoms with E-state index in [0.29, 0.717) is 11.2 Å². The Morgan fingerprint density at radius 1 is 1.50 bits per heavy atom. The summed E-state index contributed by atoms with van der Waals surface area (Å²) in [5, 5.41) is 0. The zero-order valence-electron chi connectivity index (χ0n) is 11.6. The van der Waals surface area contributed by atoms with Crippen LogP contribution in [-0.4, -0.2) is 22.5 Å². The zero-order valence-corrected chi connectivity index (χ0v) is 13.2. The molecule has 0 fully saturated rings. The summed E-state index contributed by atoms with van der Waals surface area (Å²) in [4.78, 5) is 16.6. The number of fused-ring (bicyclic) bond motifs is 1. The molecule has 6 heteroatoms. The monoisotopic (exact) mass is 312 g/mol. The highest BCUT2D eigenvalue weighted by Crippen LogP contribution is 2.19. The summed E-state index contributed by atoms with van der Waals surface area (Å²) >= 11 is 3.10. The van der Waals surface area contributed by atoms with Gasteiger partial charge in [-0.15, -0.1) is 0 Å². The molecule has 1 aromatic carbocycles. The van der Waals surface area contributed by atoms with Gasteiger partial charge in [0, 0.05) is 18.7 Å². The lowest BCUT2D eigenvalue weighted by Gasteiger charge is -2.03. The van der Waals surface area contributed by atoms with E-state index in [1.165, 1.54) is 23.5 Å². The fourth-order valence-corrected chi connectivity index (χ4v) is 3.37. The van der Waals surface area contributed by atoms with Crippen LogP contribution in [0, 0.1) is 5.82 Å². The average molecular weight is 312 g/mol. The maximum absolute atomic E-state index is 13.3. The lowest BCUT2D eigenvalue weighted by molar-refractivity contribution is -0.118. The van der Waals surface area contributed by atoms with Gasteiger partial charge < -0.3 is 4.57 Å². The Bertz CT molecular complexity index is 675. The van der Waals surface area contributed by atoms with Crippen molar-refractivity contribution >= 4 is 39.2 Å². The van der Waals surface area contributed by atoms with E-state index in [4.69, 9.17) is 0 Å². The summed E-state index contributed by atoms with van der Waals surface area (Å²) in [7, 11) is 0. The second-order valence-corrected chi connectivity index (χ2v) is 6.39. The van der Waals surface area contributed by atoms with Gasteiger partial charge in [0.2, 0.25) is 5.91 Å².